The van der Waals surface area contributed by atoms with Crippen LogP contribution in [0.25, 0.3) is 6.08 Å². The number of pyridine rings is 1. The number of carbonyl (C=O) groups is 1. The highest BCUT2D eigenvalue weighted by atomic mass is 35.5. The van der Waals surface area contributed by atoms with Crippen LogP contribution < -0.4 is 4.90 Å². The van der Waals surface area contributed by atoms with E-state index in [1.807, 2.05) is 12.2 Å². The van der Waals surface area contributed by atoms with Crippen LogP contribution in [0.15, 0.2) is 66.9 Å². The fourth-order valence-corrected chi connectivity index (χ4v) is 5.61. The van der Waals surface area contributed by atoms with Crippen LogP contribution in [-0.4, -0.2) is 48.1 Å². The molecule has 2 aromatic carbocycles. The molecule has 198 valence electrons. The largest absolute Gasteiger partial charge is 0.393 e. The molecule has 0 N–H and O–H groups in total. The van der Waals surface area contributed by atoms with Crippen molar-refractivity contribution in [2.24, 2.45) is 0 Å². The SMILES string of the molecule is O=C(c1ccnc(Cl)c1)N1CC2(CCN(C/C=C/c3ccc(F)cc3)CC2)c2cc(CC(F)(F)F)ccc21. The summed E-state index contributed by atoms with van der Waals surface area (Å²) in [5, 5.41) is 0.201. The minimum absolute atomic E-state index is 0.196. The average Bonchev–Trinajstić information content (AvgIpc) is 3.18. The number of piperidine rings is 1. The van der Waals surface area contributed by atoms with Crippen LogP contribution in [0.1, 0.15) is 39.9 Å². The van der Waals surface area contributed by atoms with Gasteiger partial charge in [0, 0.05) is 36.0 Å². The van der Waals surface area contributed by atoms with Crippen LogP contribution in [0.2, 0.25) is 5.15 Å². The first-order valence-electron chi connectivity index (χ1n) is 12.4. The van der Waals surface area contributed by atoms with Crippen LogP contribution in [0.3, 0.4) is 0 Å². The standard InChI is InChI=1S/C29H26ClF4N3O/c30-26-17-22(9-12-35-26)27(38)37-19-28(24-16-21(5-8-25(24)37)18-29(32,33)34)10-14-36(15-11-28)13-1-2-20-3-6-23(31)7-4-20/h1-9,12,16-17H,10-11,13-15,18-19H2/b2-1+. The van der Waals surface area contributed by atoms with Gasteiger partial charge in [0.1, 0.15) is 11.0 Å². The minimum Gasteiger partial charge on any atom is -0.307 e. The molecule has 1 saturated heterocycles. The Kier molecular flexibility index (Phi) is 7.29. The first-order valence-corrected chi connectivity index (χ1v) is 12.8. The summed E-state index contributed by atoms with van der Waals surface area (Å²) in [6.07, 6.45) is 1.53. The first kappa shape index (κ1) is 26.4. The van der Waals surface area contributed by atoms with Crippen molar-refractivity contribution in [3.63, 3.8) is 0 Å². The van der Waals surface area contributed by atoms with Gasteiger partial charge in [-0.25, -0.2) is 9.37 Å². The lowest BCUT2D eigenvalue weighted by Crippen LogP contribution is -2.46. The molecule has 0 radical (unpaired) electrons. The molecule has 2 aliphatic heterocycles. The Hall–Kier alpha value is -3.23. The molecule has 1 spiro atoms. The van der Waals surface area contributed by atoms with Crippen LogP contribution in [-0.2, 0) is 11.8 Å². The second-order valence-corrected chi connectivity index (χ2v) is 10.3. The van der Waals surface area contributed by atoms with Gasteiger partial charge in [-0.05, 0) is 73.0 Å². The molecule has 9 heteroatoms. The Morgan fingerprint density at radius 2 is 1.79 bits per heavy atom. The molecule has 4 nitrogen and oxygen atoms in total. The summed E-state index contributed by atoms with van der Waals surface area (Å²) in [5.74, 6) is -0.529. The highest BCUT2D eigenvalue weighted by Crippen LogP contribution is 2.48. The number of benzene rings is 2. The topological polar surface area (TPSA) is 36.4 Å². The normalized spacial score (nSPS) is 17.3. The summed E-state index contributed by atoms with van der Waals surface area (Å²) >= 11 is 6.01. The smallest absolute Gasteiger partial charge is 0.307 e. The number of nitrogens with zero attached hydrogens (tertiary/aromatic N) is 3. The van der Waals surface area contributed by atoms with Crippen LogP contribution in [0, 0.1) is 5.82 Å². The number of alkyl halides is 3. The van der Waals surface area contributed by atoms with Gasteiger partial charge in [0.15, 0.2) is 0 Å². The highest BCUT2D eigenvalue weighted by Gasteiger charge is 2.46. The lowest BCUT2D eigenvalue weighted by atomic mass is 9.74. The Morgan fingerprint density at radius 3 is 2.47 bits per heavy atom. The molecule has 0 saturated carbocycles. The van der Waals surface area contributed by atoms with Gasteiger partial charge in [0.25, 0.3) is 5.91 Å². The maximum Gasteiger partial charge on any atom is 0.393 e. The van der Waals surface area contributed by atoms with E-state index in [4.69, 9.17) is 11.6 Å². The summed E-state index contributed by atoms with van der Waals surface area (Å²) < 4.78 is 52.7. The molecular weight excluding hydrogens is 518 g/mol. The molecule has 1 amide bonds. The van der Waals surface area contributed by atoms with Gasteiger partial charge in [0.2, 0.25) is 0 Å². The number of halogens is 5. The first-order chi connectivity index (χ1) is 18.1. The summed E-state index contributed by atoms with van der Waals surface area (Å²) in [6, 6.07) is 14.1. The molecule has 1 aromatic heterocycles. The number of likely N-dealkylation sites (tertiary alicyclic amines) is 1. The van der Waals surface area contributed by atoms with E-state index in [1.165, 1.54) is 30.5 Å². The lowest BCUT2D eigenvalue weighted by molar-refractivity contribution is -0.127. The summed E-state index contributed by atoms with van der Waals surface area (Å²) in [5.41, 5.74) is 2.51. The fourth-order valence-electron chi connectivity index (χ4n) is 5.43. The quantitative estimate of drug-likeness (QED) is 0.266. The van der Waals surface area contributed by atoms with Crippen molar-refractivity contribution in [3.8, 4) is 0 Å². The van der Waals surface area contributed by atoms with E-state index in [-0.39, 0.29) is 22.4 Å². The number of rotatable bonds is 5. The third kappa shape index (κ3) is 5.76. The zero-order chi connectivity index (χ0) is 26.9. The van der Waals surface area contributed by atoms with E-state index < -0.39 is 18.0 Å². The molecule has 5 rings (SSSR count). The van der Waals surface area contributed by atoms with Crippen LogP contribution in [0.5, 0.6) is 0 Å². The highest BCUT2D eigenvalue weighted by molar-refractivity contribution is 6.29. The molecule has 0 atom stereocenters. The zero-order valence-electron chi connectivity index (χ0n) is 20.5. The molecule has 3 aromatic rings. The zero-order valence-corrected chi connectivity index (χ0v) is 21.3. The third-order valence-electron chi connectivity index (χ3n) is 7.36. The number of anilines is 1. The summed E-state index contributed by atoms with van der Waals surface area (Å²) in [4.78, 5) is 21.4. The number of hydrogen-bond acceptors (Lipinski definition) is 3. The number of carbonyl (C=O) groups excluding carboxylic acids is 1. The second-order valence-electron chi connectivity index (χ2n) is 9.94. The molecule has 0 aliphatic carbocycles. The second kappa shape index (κ2) is 10.5. The Labute approximate surface area is 223 Å². The van der Waals surface area contributed by atoms with Crippen molar-refractivity contribution >= 4 is 29.3 Å². The van der Waals surface area contributed by atoms with Gasteiger partial charge in [-0.3, -0.25) is 9.69 Å². The van der Waals surface area contributed by atoms with E-state index in [9.17, 15) is 22.4 Å². The monoisotopic (exact) mass is 543 g/mol. The summed E-state index contributed by atoms with van der Waals surface area (Å²) in [6.45, 7) is 2.57. The number of hydrogen-bond donors (Lipinski definition) is 0. The van der Waals surface area contributed by atoms with Crippen molar-refractivity contribution in [1.29, 1.82) is 0 Å². The van der Waals surface area contributed by atoms with Gasteiger partial charge in [-0.15, -0.1) is 0 Å². The van der Waals surface area contributed by atoms with E-state index in [0.29, 0.717) is 37.2 Å². The Balaban J connectivity index is 1.36. The predicted molar refractivity (Wildman–Crippen MR) is 140 cm³/mol. The Morgan fingerprint density at radius 1 is 1.05 bits per heavy atom. The molecule has 3 heterocycles. The third-order valence-corrected chi connectivity index (χ3v) is 7.57. The van der Waals surface area contributed by atoms with E-state index in [1.54, 1.807) is 35.2 Å². The van der Waals surface area contributed by atoms with Gasteiger partial charge < -0.3 is 4.90 Å². The van der Waals surface area contributed by atoms with E-state index in [0.717, 1.165) is 24.2 Å². The van der Waals surface area contributed by atoms with Crippen LogP contribution in [0.4, 0.5) is 23.2 Å². The fraction of sp³-hybridized carbons (Fsp3) is 0.310. The average molecular weight is 544 g/mol. The number of aromatic nitrogens is 1. The number of fused-ring (bicyclic) bond motifs is 2. The van der Waals surface area contributed by atoms with Gasteiger partial charge in [-0.2, -0.15) is 13.2 Å². The maximum atomic E-state index is 13.5. The van der Waals surface area contributed by atoms with Crippen molar-refractivity contribution in [3.05, 3.63) is 100 Å². The van der Waals surface area contributed by atoms with Crippen molar-refractivity contribution < 1.29 is 22.4 Å². The molecule has 0 unspecified atom stereocenters. The van der Waals surface area contributed by atoms with Gasteiger partial charge in [-0.1, -0.05) is 48.0 Å². The van der Waals surface area contributed by atoms with Crippen LogP contribution >= 0.6 is 11.6 Å². The molecule has 38 heavy (non-hydrogen) atoms. The molecule has 0 bridgehead atoms. The van der Waals surface area contributed by atoms with Gasteiger partial charge in [0.05, 0.1) is 6.42 Å². The van der Waals surface area contributed by atoms with Crippen molar-refractivity contribution in [2.45, 2.75) is 30.9 Å². The predicted octanol–water partition coefficient (Wildman–Crippen LogP) is 6.69. The van der Waals surface area contributed by atoms with Gasteiger partial charge >= 0.3 is 6.18 Å². The van der Waals surface area contributed by atoms with E-state index in [2.05, 4.69) is 9.88 Å². The maximum absolute atomic E-state index is 13.5. The Bertz CT molecular complexity index is 1350. The lowest BCUT2D eigenvalue weighted by Gasteiger charge is -2.39. The van der Waals surface area contributed by atoms with Crippen molar-refractivity contribution in [1.82, 2.24) is 9.88 Å². The molecule has 2 aliphatic rings. The van der Waals surface area contributed by atoms with E-state index >= 15 is 0 Å². The van der Waals surface area contributed by atoms with Crippen molar-refractivity contribution in [2.75, 3.05) is 31.1 Å². The molecule has 1 fully saturated rings. The minimum atomic E-state index is -4.32. The molecular formula is C29H26ClF4N3O. The number of amides is 1. The summed E-state index contributed by atoms with van der Waals surface area (Å²) in [7, 11) is 0.